The fraction of sp³-hybridized carbons (Fsp3) is 0.667. The summed E-state index contributed by atoms with van der Waals surface area (Å²) in [6, 6.07) is 0.947. The number of thiazole rings is 1. The highest BCUT2D eigenvalue weighted by Gasteiger charge is 2.20. The normalized spacial score (nSPS) is 11.9. The predicted octanol–water partition coefficient (Wildman–Crippen LogP) is 3.52. The zero-order valence-corrected chi connectivity index (χ0v) is 14.0. The Morgan fingerprint density at radius 1 is 1.35 bits per heavy atom. The standard InChI is InChI=1S/C15H26N4S/c1-6-7-18(12(4)5)14-13(10-16-11(2)3)19-8-9-20-15(19)17-14/h8-9,11-12,16H,6-7,10H2,1-5H3. The van der Waals surface area contributed by atoms with E-state index in [1.54, 1.807) is 11.3 Å². The molecule has 0 spiro atoms. The van der Waals surface area contributed by atoms with Crippen molar-refractivity contribution in [3.8, 4) is 0 Å². The van der Waals surface area contributed by atoms with Crippen molar-refractivity contribution >= 4 is 22.1 Å². The molecule has 2 rings (SSSR count). The number of anilines is 1. The van der Waals surface area contributed by atoms with Gasteiger partial charge in [-0.05, 0) is 20.3 Å². The number of hydrogen-bond donors (Lipinski definition) is 1. The van der Waals surface area contributed by atoms with Crippen LogP contribution in [0.25, 0.3) is 4.96 Å². The van der Waals surface area contributed by atoms with E-state index in [1.807, 2.05) is 0 Å². The number of fused-ring (bicyclic) bond motifs is 1. The Kier molecular flexibility index (Phi) is 5.05. The molecule has 1 N–H and O–H groups in total. The maximum absolute atomic E-state index is 4.86. The van der Waals surface area contributed by atoms with E-state index < -0.39 is 0 Å². The third-order valence-corrected chi connectivity index (χ3v) is 4.13. The Balaban J connectivity index is 2.39. The van der Waals surface area contributed by atoms with E-state index in [1.165, 1.54) is 5.69 Å². The maximum atomic E-state index is 4.86. The molecule has 4 nitrogen and oxygen atoms in total. The molecular weight excluding hydrogens is 268 g/mol. The molecule has 0 radical (unpaired) electrons. The van der Waals surface area contributed by atoms with Crippen LogP contribution in [-0.2, 0) is 6.54 Å². The molecule has 5 heteroatoms. The molecular formula is C15H26N4S. The number of imidazole rings is 1. The van der Waals surface area contributed by atoms with Gasteiger partial charge in [0, 0.05) is 36.8 Å². The van der Waals surface area contributed by atoms with Crippen molar-refractivity contribution < 1.29 is 0 Å². The van der Waals surface area contributed by atoms with Gasteiger partial charge in [-0.15, -0.1) is 11.3 Å². The molecule has 112 valence electrons. The second-order valence-electron chi connectivity index (χ2n) is 5.76. The van der Waals surface area contributed by atoms with Gasteiger partial charge in [0.05, 0.1) is 5.69 Å². The molecule has 2 aromatic heterocycles. The highest BCUT2D eigenvalue weighted by atomic mass is 32.1. The number of hydrogen-bond acceptors (Lipinski definition) is 4. The van der Waals surface area contributed by atoms with Crippen LogP contribution < -0.4 is 10.2 Å². The average Bonchev–Trinajstić information content (AvgIpc) is 2.93. The molecule has 0 bridgehead atoms. The number of nitrogens with one attached hydrogen (secondary N) is 1. The zero-order valence-electron chi connectivity index (χ0n) is 13.2. The van der Waals surface area contributed by atoms with Crippen LogP contribution >= 0.6 is 11.3 Å². The minimum Gasteiger partial charge on any atom is -0.353 e. The van der Waals surface area contributed by atoms with Crippen LogP contribution in [0.1, 0.15) is 46.7 Å². The molecule has 0 aliphatic heterocycles. The van der Waals surface area contributed by atoms with Gasteiger partial charge in [-0.2, -0.15) is 0 Å². The smallest absolute Gasteiger partial charge is 0.195 e. The van der Waals surface area contributed by atoms with Crippen LogP contribution in [-0.4, -0.2) is 28.0 Å². The lowest BCUT2D eigenvalue weighted by Crippen LogP contribution is -2.33. The summed E-state index contributed by atoms with van der Waals surface area (Å²) in [5.41, 5.74) is 1.28. The molecule has 0 fully saturated rings. The Morgan fingerprint density at radius 3 is 2.70 bits per heavy atom. The van der Waals surface area contributed by atoms with Crippen molar-refractivity contribution in [2.45, 2.75) is 59.7 Å². The first kappa shape index (κ1) is 15.3. The van der Waals surface area contributed by atoms with Gasteiger partial charge < -0.3 is 10.2 Å². The van der Waals surface area contributed by atoms with Crippen LogP contribution in [0.4, 0.5) is 5.82 Å². The van der Waals surface area contributed by atoms with Gasteiger partial charge in [-0.1, -0.05) is 20.8 Å². The summed E-state index contributed by atoms with van der Waals surface area (Å²) < 4.78 is 2.22. The third-order valence-electron chi connectivity index (χ3n) is 3.38. The van der Waals surface area contributed by atoms with Crippen LogP contribution in [0.15, 0.2) is 11.6 Å². The first-order chi connectivity index (χ1) is 9.54. The summed E-state index contributed by atoms with van der Waals surface area (Å²) in [4.78, 5) is 8.36. The van der Waals surface area contributed by atoms with Gasteiger partial charge in [0.2, 0.25) is 0 Å². The summed E-state index contributed by atoms with van der Waals surface area (Å²) in [6.45, 7) is 13.0. The molecule has 0 unspecified atom stereocenters. The third kappa shape index (κ3) is 3.15. The predicted molar refractivity (Wildman–Crippen MR) is 87.8 cm³/mol. The maximum Gasteiger partial charge on any atom is 0.195 e. The highest BCUT2D eigenvalue weighted by molar-refractivity contribution is 7.15. The second-order valence-corrected chi connectivity index (χ2v) is 6.63. The first-order valence-electron chi connectivity index (χ1n) is 7.49. The van der Waals surface area contributed by atoms with E-state index in [0.29, 0.717) is 12.1 Å². The van der Waals surface area contributed by atoms with Gasteiger partial charge in [-0.25, -0.2) is 4.98 Å². The lowest BCUT2D eigenvalue weighted by Gasteiger charge is -2.27. The Bertz CT molecular complexity index is 541. The average molecular weight is 294 g/mol. The topological polar surface area (TPSA) is 32.6 Å². The van der Waals surface area contributed by atoms with Crippen LogP contribution in [0, 0.1) is 0 Å². The highest BCUT2D eigenvalue weighted by Crippen LogP contribution is 2.26. The molecule has 0 amide bonds. The van der Waals surface area contributed by atoms with E-state index in [9.17, 15) is 0 Å². The fourth-order valence-corrected chi connectivity index (χ4v) is 3.09. The SMILES string of the molecule is CCCN(c1nc2sccn2c1CNC(C)C)C(C)C. The van der Waals surface area contributed by atoms with Gasteiger partial charge in [0.1, 0.15) is 0 Å². The first-order valence-corrected chi connectivity index (χ1v) is 8.37. The Hall–Kier alpha value is -1.07. The summed E-state index contributed by atoms with van der Waals surface area (Å²) in [5.74, 6) is 1.14. The number of nitrogens with zero attached hydrogens (tertiary/aromatic N) is 3. The molecule has 0 aromatic carbocycles. The van der Waals surface area contributed by atoms with Gasteiger partial charge in [0.15, 0.2) is 10.8 Å². The molecule has 0 saturated carbocycles. The minimum atomic E-state index is 0.470. The molecule has 2 aromatic rings. The largest absolute Gasteiger partial charge is 0.353 e. The molecule has 0 atom stereocenters. The van der Waals surface area contributed by atoms with Crippen molar-refractivity contribution in [1.29, 1.82) is 0 Å². The van der Waals surface area contributed by atoms with Crippen molar-refractivity contribution in [2.75, 3.05) is 11.4 Å². The van der Waals surface area contributed by atoms with Gasteiger partial charge in [-0.3, -0.25) is 4.40 Å². The Morgan fingerprint density at radius 2 is 2.10 bits per heavy atom. The van der Waals surface area contributed by atoms with Crippen molar-refractivity contribution in [1.82, 2.24) is 14.7 Å². The lowest BCUT2D eigenvalue weighted by molar-refractivity contribution is 0.575. The van der Waals surface area contributed by atoms with Gasteiger partial charge in [0.25, 0.3) is 0 Å². The van der Waals surface area contributed by atoms with E-state index in [4.69, 9.17) is 4.98 Å². The quantitative estimate of drug-likeness (QED) is 0.848. The molecule has 2 heterocycles. The van der Waals surface area contributed by atoms with Crippen LogP contribution in [0.2, 0.25) is 0 Å². The zero-order chi connectivity index (χ0) is 14.7. The van der Waals surface area contributed by atoms with Crippen molar-refractivity contribution in [3.63, 3.8) is 0 Å². The van der Waals surface area contributed by atoms with Crippen molar-refractivity contribution in [3.05, 3.63) is 17.3 Å². The van der Waals surface area contributed by atoms with E-state index in [0.717, 1.165) is 30.3 Å². The van der Waals surface area contributed by atoms with Crippen molar-refractivity contribution in [2.24, 2.45) is 0 Å². The summed E-state index contributed by atoms with van der Waals surface area (Å²) in [5, 5.41) is 5.62. The monoisotopic (exact) mass is 294 g/mol. The fourth-order valence-electron chi connectivity index (χ4n) is 2.37. The molecule has 0 saturated heterocycles. The summed E-state index contributed by atoms with van der Waals surface area (Å²) >= 11 is 1.70. The van der Waals surface area contributed by atoms with E-state index >= 15 is 0 Å². The minimum absolute atomic E-state index is 0.470. The molecule has 20 heavy (non-hydrogen) atoms. The number of rotatable bonds is 7. The summed E-state index contributed by atoms with van der Waals surface area (Å²) in [7, 11) is 0. The second kappa shape index (κ2) is 6.59. The Labute approximate surface area is 125 Å². The molecule has 0 aliphatic carbocycles. The van der Waals surface area contributed by atoms with Gasteiger partial charge >= 0.3 is 0 Å². The number of aromatic nitrogens is 2. The lowest BCUT2D eigenvalue weighted by atomic mass is 10.2. The van der Waals surface area contributed by atoms with E-state index in [-0.39, 0.29) is 0 Å². The van der Waals surface area contributed by atoms with Crippen LogP contribution in [0.5, 0.6) is 0 Å². The van der Waals surface area contributed by atoms with E-state index in [2.05, 4.69) is 60.8 Å². The molecule has 0 aliphatic rings. The summed E-state index contributed by atoms with van der Waals surface area (Å²) in [6.07, 6.45) is 3.26. The van der Waals surface area contributed by atoms with Crippen LogP contribution in [0.3, 0.4) is 0 Å².